The normalized spacial score (nSPS) is 13.8. The molecule has 1 heterocycles. The quantitative estimate of drug-likeness (QED) is 0.617. The van der Waals surface area contributed by atoms with Crippen molar-refractivity contribution in [1.82, 2.24) is 14.9 Å². The minimum absolute atomic E-state index is 0.0173. The fourth-order valence-corrected chi connectivity index (χ4v) is 2.57. The van der Waals surface area contributed by atoms with Crippen LogP contribution in [0.15, 0.2) is 11.2 Å². The van der Waals surface area contributed by atoms with E-state index in [0.29, 0.717) is 12.2 Å². The molecule has 0 amide bonds. The first kappa shape index (κ1) is 14.1. The number of nitrogens with two attached hydrogens (primary N) is 1. The number of H-pyrrole nitrogens is 1. The first-order valence-corrected chi connectivity index (χ1v) is 6.83. The number of sulfonamides is 1. The summed E-state index contributed by atoms with van der Waals surface area (Å²) in [7, 11) is -3.60. The van der Waals surface area contributed by atoms with Gasteiger partial charge in [-0.05, 0) is 13.8 Å². The molecule has 0 saturated heterocycles. The third kappa shape index (κ3) is 3.77. The minimum Gasteiger partial charge on any atom is -0.377 e. The largest absolute Gasteiger partial charge is 0.377 e. The van der Waals surface area contributed by atoms with Gasteiger partial charge in [0.2, 0.25) is 0 Å². The van der Waals surface area contributed by atoms with Gasteiger partial charge in [0, 0.05) is 25.3 Å². The van der Waals surface area contributed by atoms with Crippen molar-refractivity contribution in [3.05, 3.63) is 11.8 Å². The van der Waals surface area contributed by atoms with E-state index in [1.54, 1.807) is 6.92 Å². The second kappa shape index (κ2) is 6.10. The van der Waals surface area contributed by atoms with Crippen molar-refractivity contribution >= 4 is 10.0 Å². The summed E-state index contributed by atoms with van der Waals surface area (Å²) in [5.41, 5.74) is 5.88. The SMILES string of the molecule is CCOC(C)CNS(=O)(=O)c1[nH]ncc1CN. The summed E-state index contributed by atoms with van der Waals surface area (Å²) in [6.07, 6.45) is 1.22. The van der Waals surface area contributed by atoms with Crippen LogP contribution in [0.4, 0.5) is 0 Å². The zero-order valence-electron chi connectivity index (χ0n) is 9.93. The van der Waals surface area contributed by atoms with Crippen LogP contribution in [0.2, 0.25) is 0 Å². The van der Waals surface area contributed by atoms with Gasteiger partial charge in [0.05, 0.1) is 12.3 Å². The van der Waals surface area contributed by atoms with Crippen LogP contribution in [-0.2, 0) is 21.3 Å². The monoisotopic (exact) mass is 262 g/mol. The maximum Gasteiger partial charge on any atom is 0.257 e. The molecular formula is C9H18N4O3S. The number of ether oxygens (including phenoxy) is 1. The fourth-order valence-electron chi connectivity index (χ4n) is 1.32. The van der Waals surface area contributed by atoms with E-state index in [4.69, 9.17) is 10.5 Å². The van der Waals surface area contributed by atoms with Gasteiger partial charge < -0.3 is 10.5 Å². The minimum atomic E-state index is -3.60. The van der Waals surface area contributed by atoms with Gasteiger partial charge in [-0.2, -0.15) is 5.10 Å². The zero-order valence-corrected chi connectivity index (χ0v) is 10.8. The number of nitrogens with zero attached hydrogens (tertiary/aromatic N) is 1. The predicted molar refractivity (Wildman–Crippen MR) is 62.8 cm³/mol. The van der Waals surface area contributed by atoms with Crippen LogP contribution in [-0.4, -0.2) is 37.9 Å². The summed E-state index contributed by atoms with van der Waals surface area (Å²) in [5, 5.41) is 6.12. The Labute approximate surface area is 101 Å². The van der Waals surface area contributed by atoms with Crippen molar-refractivity contribution in [2.75, 3.05) is 13.2 Å². The smallest absolute Gasteiger partial charge is 0.257 e. The van der Waals surface area contributed by atoms with E-state index in [1.807, 2.05) is 6.92 Å². The van der Waals surface area contributed by atoms with Crippen LogP contribution in [0.25, 0.3) is 0 Å². The molecule has 1 rings (SSSR count). The van der Waals surface area contributed by atoms with Gasteiger partial charge in [-0.3, -0.25) is 5.10 Å². The van der Waals surface area contributed by atoms with E-state index in [1.165, 1.54) is 6.20 Å². The molecule has 0 aliphatic carbocycles. The molecule has 0 radical (unpaired) electrons. The molecule has 98 valence electrons. The van der Waals surface area contributed by atoms with Crippen molar-refractivity contribution in [1.29, 1.82) is 0 Å². The highest BCUT2D eigenvalue weighted by atomic mass is 32.2. The molecule has 0 spiro atoms. The Kier molecular flexibility index (Phi) is 5.06. The van der Waals surface area contributed by atoms with Crippen molar-refractivity contribution in [3.63, 3.8) is 0 Å². The van der Waals surface area contributed by atoms with Crippen LogP contribution in [0.3, 0.4) is 0 Å². The Balaban J connectivity index is 2.69. The molecule has 1 aromatic heterocycles. The van der Waals surface area contributed by atoms with Crippen LogP contribution < -0.4 is 10.5 Å². The molecule has 7 nitrogen and oxygen atoms in total. The van der Waals surface area contributed by atoms with Gasteiger partial charge in [-0.1, -0.05) is 0 Å². The molecule has 1 atom stereocenters. The van der Waals surface area contributed by atoms with Gasteiger partial charge in [-0.25, -0.2) is 13.1 Å². The Morgan fingerprint density at radius 3 is 2.94 bits per heavy atom. The van der Waals surface area contributed by atoms with E-state index in [0.717, 1.165) is 0 Å². The lowest BCUT2D eigenvalue weighted by atomic mass is 10.4. The van der Waals surface area contributed by atoms with Crippen molar-refractivity contribution in [3.8, 4) is 0 Å². The Morgan fingerprint density at radius 2 is 2.35 bits per heavy atom. The van der Waals surface area contributed by atoms with E-state index in [9.17, 15) is 8.42 Å². The second-order valence-corrected chi connectivity index (χ2v) is 5.25. The predicted octanol–water partition coefficient (Wildman–Crippen LogP) is -0.428. The van der Waals surface area contributed by atoms with Crippen LogP contribution in [0, 0.1) is 0 Å². The van der Waals surface area contributed by atoms with Crippen molar-refractivity contribution < 1.29 is 13.2 Å². The van der Waals surface area contributed by atoms with Crippen LogP contribution in [0.5, 0.6) is 0 Å². The average molecular weight is 262 g/mol. The number of hydrogen-bond donors (Lipinski definition) is 3. The summed E-state index contributed by atoms with van der Waals surface area (Å²) in [6, 6.07) is 0. The summed E-state index contributed by atoms with van der Waals surface area (Å²) in [5.74, 6) is 0. The molecule has 0 aliphatic heterocycles. The molecule has 4 N–H and O–H groups in total. The van der Waals surface area contributed by atoms with E-state index in [2.05, 4.69) is 14.9 Å². The van der Waals surface area contributed by atoms with Crippen LogP contribution >= 0.6 is 0 Å². The molecule has 8 heteroatoms. The highest BCUT2D eigenvalue weighted by Gasteiger charge is 2.20. The number of aromatic nitrogens is 2. The summed E-state index contributed by atoms with van der Waals surface area (Å²) < 4.78 is 31.5. The van der Waals surface area contributed by atoms with Crippen molar-refractivity contribution in [2.45, 2.75) is 31.5 Å². The average Bonchev–Trinajstić information content (AvgIpc) is 2.76. The third-order valence-electron chi connectivity index (χ3n) is 2.18. The first-order valence-electron chi connectivity index (χ1n) is 5.34. The lowest BCUT2D eigenvalue weighted by Gasteiger charge is -2.12. The van der Waals surface area contributed by atoms with E-state index < -0.39 is 10.0 Å². The van der Waals surface area contributed by atoms with Gasteiger partial charge in [-0.15, -0.1) is 0 Å². The van der Waals surface area contributed by atoms with Gasteiger partial charge in [0.25, 0.3) is 10.0 Å². The molecule has 0 saturated carbocycles. The zero-order chi connectivity index (χ0) is 12.9. The molecular weight excluding hydrogens is 244 g/mol. The second-order valence-electron chi connectivity index (χ2n) is 3.55. The molecule has 17 heavy (non-hydrogen) atoms. The van der Waals surface area contributed by atoms with Crippen LogP contribution in [0.1, 0.15) is 19.4 Å². The number of hydrogen-bond acceptors (Lipinski definition) is 5. The summed E-state index contributed by atoms with van der Waals surface area (Å²) in [6.45, 7) is 4.52. The molecule has 0 bridgehead atoms. The van der Waals surface area contributed by atoms with Crippen molar-refractivity contribution in [2.24, 2.45) is 5.73 Å². The molecule has 1 unspecified atom stereocenters. The fraction of sp³-hybridized carbons (Fsp3) is 0.667. The molecule has 0 aromatic carbocycles. The Morgan fingerprint density at radius 1 is 1.65 bits per heavy atom. The number of aromatic amines is 1. The van der Waals surface area contributed by atoms with E-state index in [-0.39, 0.29) is 24.2 Å². The van der Waals surface area contributed by atoms with E-state index >= 15 is 0 Å². The third-order valence-corrected chi connectivity index (χ3v) is 3.62. The topological polar surface area (TPSA) is 110 Å². The molecule has 0 aliphatic rings. The maximum absolute atomic E-state index is 11.9. The molecule has 0 fully saturated rings. The van der Waals surface area contributed by atoms with Gasteiger partial charge in [0.15, 0.2) is 5.03 Å². The summed E-state index contributed by atoms with van der Waals surface area (Å²) >= 11 is 0. The molecule has 1 aromatic rings. The maximum atomic E-state index is 11.9. The lowest BCUT2D eigenvalue weighted by molar-refractivity contribution is 0.0799. The van der Waals surface area contributed by atoms with Gasteiger partial charge >= 0.3 is 0 Å². The number of nitrogens with one attached hydrogen (secondary N) is 2. The first-order chi connectivity index (χ1) is 8.01. The van der Waals surface area contributed by atoms with Gasteiger partial charge in [0.1, 0.15) is 0 Å². The summed E-state index contributed by atoms with van der Waals surface area (Å²) in [4.78, 5) is 0. The highest BCUT2D eigenvalue weighted by molar-refractivity contribution is 7.89. The highest BCUT2D eigenvalue weighted by Crippen LogP contribution is 2.10. The number of rotatable bonds is 7. The Hall–Kier alpha value is -0.960. The Bertz CT molecular complexity index is 443. The standard InChI is InChI=1S/C9H18N4O3S/c1-3-16-7(2)5-12-17(14,15)9-8(4-10)6-11-13-9/h6-7,12H,3-5,10H2,1-2H3,(H,11,13). The lowest BCUT2D eigenvalue weighted by Crippen LogP contribution is -2.33.